The zero-order valence-electron chi connectivity index (χ0n) is 17.6. The van der Waals surface area contributed by atoms with Crippen molar-refractivity contribution in [3.63, 3.8) is 0 Å². The second-order valence-electron chi connectivity index (χ2n) is 8.69. The first-order valence-corrected chi connectivity index (χ1v) is 11.8. The lowest BCUT2D eigenvalue weighted by atomic mass is 9.99. The normalized spacial score (nSPS) is 17.5. The lowest BCUT2D eigenvalue weighted by Gasteiger charge is -2.30. The molecule has 1 fully saturated rings. The third-order valence-corrected chi connectivity index (χ3v) is 7.11. The first-order valence-electron chi connectivity index (χ1n) is 11.0. The molecule has 0 bridgehead atoms. The van der Waals surface area contributed by atoms with Gasteiger partial charge in [-0.2, -0.15) is 0 Å². The zero-order chi connectivity index (χ0) is 22.7. The molecule has 5 heterocycles. The quantitative estimate of drug-likeness (QED) is 0.497. The largest absolute Gasteiger partial charge is 0.351 e. The van der Waals surface area contributed by atoms with Gasteiger partial charge >= 0.3 is 0 Å². The highest BCUT2D eigenvalue weighted by Gasteiger charge is 2.39. The van der Waals surface area contributed by atoms with Gasteiger partial charge in [-0.25, -0.2) is 13.8 Å². The minimum Gasteiger partial charge on any atom is -0.351 e. The van der Waals surface area contributed by atoms with E-state index in [2.05, 4.69) is 30.8 Å². The Kier molecular flexibility index (Phi) is 4.90. The topological polar surface area (TPSA) is 62.2 Å². The number of rotatable bonds is 4. The van der Waals surface area contributed by atoms with E-state index in [-0.39, 0.29) is 11.6 Å². The summed E-state index contributed by atoms with van der Waals surface area (Å²) in [5.41, 5.74) is 4.23. The van der Waals surface area contributed by atoms with Gasteiger partial charge in [-0.3, -0.25) is 14.8 Å². The van der Waals surface area contributed by atoms with E-state index in [1.165, 1.54) is 6.20 Å². The highest BCUT2D eigenvalue weighted by Crippen LogP contribution is 2.38. The van der Waals surface area contributed by atoms with Crippen LogP contribution in [0.2, 0.25) is 0 Å². The van der Waals surface area contributed by atoms with Crippen LogP contribution in [0.3, 0.4) is 0 Å². The highest BCUT2D eigenvalue weighted by atomic mass is 79.9. The molecular weight excluding hydrogens is 492 g/mol. The van der Waals surface area contributed by atoms with E-state index >= 15 is 0 Å². The maximum Gasteiger partial charge on any atom is 0.280 e. The second kappa shape index (κ2) is 7.83. The number of pyridine rings is 3. The van der Waals surface area contributed by atoms with Crippen molar-refractivity contribution in [1.29, 1.82) is 0 Å². The Morgan fingerprint density at radius 2 is 1.94 bits per heavy atom. The van der Waals surface area contributed by atoms with Crippen LogP contribution >= 0.6 is 15.9 Å². The minimum absolute atomic E-state index is 0.0661. The van der Waals surface area contributed by atoms with Crippen molar-refractivity contribution in [2.45, 2.75) is 44.8 Å². The Morgan fingerprint density at radius 3 is 2.73 bits per heavy atom. The number of nitrogens with zero attached hydrogens (tertiary/aromatic N) is 5. The van der Waals surface area contributed by atoms with Crippen LogP contribution in [-0.4, -0.2) is 38.3 Å². The van der Waals surface area contributed by atoms with E-state index in [9.17, 15) is 13.6 Å². The van der Waals surface area contributed by atoms with E-state index in [0.29, 0.717) is 35.8 Å². The fraction of sp³-hybridized carbons (Fsp3) is 0.333. The molecule has 9 heteroatoms. The smallest absolute Gasteiger partial charge is 0.280 e. The van der Waals surface area contributed by atoms with Gasteiger partial charge < -0.3 is 9.80 Å². The molecular formula is C24H20BrF2N5O. The summed E-state index contributed by atoms with van der Waals surface area (Å²) in [7, 11) is 0. The van der Waals surface area contributed by atoms with Gasteiger partial charge in [0.15, 0.2) is 0 Å². The van der Waals surface area contributed by atoms with Crippen molar-refractivity contribution in [3.8, 4) is 11.1 Å². The number of aromatic nitrogens is 3. The zero-order valence-corrected chi connectivity index (χ0v) is 19.2. The number of anilines is 1. The maximum absolute atomic E-state index is 13.5. The van der Waals surface area contributed by atoms with Gasteiger partial charge in [0.05, 0.1) is 22.3 Å². The number of carbonyl (C=O) groups is 1. The first kappa shape index (κ1) is 20.7. The van der Waals surface area contributed by atoms with E-state index in [1.54, 1.807) is 18.3 Å². The number of fused-ring (bicyclic) bond motifs is 2. The summed E-state index contributed by atoms with van der Waals surface area (Å²) < 4.78 is 27.7. The van der Waals surface area contributed by atoms with Gasteiger partial charge in [-0.1, -0.05) is 6.07 Å². The lowest BCUT2D eigenvalue weighted by Crippen LogP contribution is -2.32. The van der Waals surface area contributed by atoms with Crippen LogP contribution < -0.4 is 4.90 Å². The van der Waals surface area contributed by atoms with Crippen LogP contribution in [0.25, 0.3) is 11.1 Å². The third-order valence-electron chi connectivity index (χ3n) is 6.53. The number of carbonyl (C=O) groups excluding carboxylic acids is 1. The van der Waals surface area contributed by atoms with E-state index < -0.39 is 6.43 Å². The van der Waals surface area contributed by atoms with E-state index in [4.69, 9.17) is 4.98 Å². The fourth-order valence-electron chi connectivity index (χ4n) is 4.70. The number of alkyl halides is 2. The summed E-state index contributed by atoms with van der Waals surface area (Å²) in [4.78, 5) is 30.1. The Hall–Kier alpha value is -2.94. The molecule has 0 spiro atoms. The van der Waals surface area contributed by atoms with Crippen molar-refractivity contribution in [3.05, 3.63) is 69.3 Å². The van der Waals surface area contributed by atoms with Gasteiger partial charge in [0.2, 0.25) is 0 Å². The fourth-order valence-corrected chi connectivity index (χ4v) is 5.27. The van der Waals surface area contributed by atoms with Crippen molar-refractivity contribution < 1.29 is 13.6 Å². The number of hydrogen-bond acceptors (Lipinski definition) is 5. The van der Waals surface area contributed by atoms with Crippen LogP contribution in [0.4, 0.5) is 14.6 Å². The number of hydrogen-bond donors (Lipinski definition) is 0. The van der Waals surface area contributed by atoms with Crippen LogP contribution in [0.5, 0.6) is 0 Å². The lowest BCUT2D eigenvalue weighted by molar-refractivity contribution is 0.0766. The number of halogens is 3. The Balaban J connectivity index is 1.31. The first-order chi connectivity index (χ1) is 16.0. The molecule has 0 aromatic carbocycles. The monoisotopic (exact) mass is 511 g/mol. The summed E-state index contributed by atoms with van der Waals surface area (Å²) in [5, 5.41) is 0. The second-order valence-corrected chi connectivity index (χ2v) is 9.54. The van der Waals surface area contributed by atoms with Gasteiger partial charge in [0.1, 0.15) is 11.5 Å². The van der Waals surface area contributed by atoms with Gasteiger partial charge in [-0.05, 0) is 52.5 Å². The molecule has 0 radical (unpaired) electrons. The standard InChI is InChI=1S/C24H20BrF2N5O/c25-18-9-17-20(12-32(24(17)33)15-3-4-15)30-23(18)31-7-5-19-14(11-31)8-13(10-29-19)16-2-1-6-28-21(16)22(26)27/h1-2,6,8-10,15,22H,3-5,7,11-12H2. The van der Waals surface area contributed by atoms with Crippen molar-refractivity contribution >= 4 is 27.7 Å². The molecule has 0 saturated heterocycles. The molecule has 33 heavy (non-hydrogen) atoms. The summed E-state index contributed by atoms with van der Waals surface area (Å²) in [6, 6.07) is 7.48. The molecule has 3 aliphatic rings. The Labute approximate surface area is 197 Å². The molecule has 1 aliphatic carbocycles. The highest BCUT2D eigenvalue weighted by molar-refractivity contribution is 9.10. The summed E-state index contributed by atoms with van der Waals surface area (Å²) in [6.45, 7) is 1.86. The summed E-state index contributed by atoms with van der Waals surface area (Å²) >= 11 is 3.62. The average Bonchev–Trinajstić information content (AvgIpc) is 3.62. The molecule has 0 atom stereocenters. The average molecular weight is 512 g/mol. The molecule has 168 valence electrons. The Morgan fingerprint density at radius 1 is 1.09 bits per heavy atom. The predicted molar refractivity (Wildman–Crippen MR) is 122 cm³/mol. The molecule has 1 amide bonds. The number of amides is 1. The summed E-state index contributed by atoms with van der Waals surface area (Å²) in [5.74, 6) is 0.862. The van der Waals surface area contributed by atoms with Crippen molar-refractivity contribution in [2.75, 3.05) is 11.4 Å². The molecule has 6 rings (SSSR count). The molecule has 0 unspecified atom stereocenters. The molecule has 2 aliphatic heterocycles. The third kappa shape index (κ3) is 3.58. The summed E-state index contributed by atoms with van der Waals surface area (Å²) in [6.07, 6.45) is 3.23. The SMILES string of the molecule is O=C1c2cc(Br)c(N3CCc4ncc(-c5cccnc5C(F)F)cc4C3)nc2CN1C1CC1. The van der Waals surface area contributed by atoms with E-state index in [1.807, 2.05) is 17.0 Å². The predicted octanol–water partition coefficient (Wildman–Crippen LogP) is 4.92. The van der Waals surface area contributed by atoms with Crippen LogP contribution in [0.15, 0.2) is 41.1 Å². The van der Waals surface area contributed by atoms with E-state index in [0.717, 1.165) is 53.0 Å². The van der Waals surface area contributed by atoms with Crippen molar-refractivity contribution in [1.82, 2.24) is 19.9 Å². The molecule has 0 N–H and O–H groups in total. The Bertz CT molecular complexity index is 1280. The van der Waals surface area contributed by atoms with Crippen molar-refractivity contribution in [2.24, 2.45) is 0 Å². The van der Waals surface area contributed by atoms with Gasteiger partial charge in [-0.15, -0.1) is 0 Å². The molecule has 1 saturated carbocycles. The van der Waals surface area contributed by atoms with Crippen LogP contribution in [-0.2, 0) is 19.5 Å². The van der Waals surface area contributed by atoms with Gasteiger partial charge in [0, 0.05) is 54.8 Å². The van der Waals surface area contributed by atoms with Crippen LogP contribution in [0.1, 0.15) is 52.3 Å². The van der Waals surface area contributed by atoms with Crippen LogP contribution in [0, 0.1) is 0 Å². The molecule has 3 aromatic rings. The maximum atomic E-state index is 13.5. The molecule has 6 nitrogen and oxygen atoms in total. The molecule has 3 aromatic heterocycles. The van der Waals surface area contributed by atoms with Gasteiger partial charge in [0.25, 0.3) is 12.3 Å². The minimum atomic E-state index is -2.65.